The third-order valence-corrected chi connectivity index (χ3v) is 4.58. The van der Waals surface area contributed by atoms with Crippen LogP contribution in [0.2, 0.25) is 0 Å². The highest BCUT2D eigenvalue weighted by atomic mass is 16.5. The Morgan fingerprint density at radius 1 is 0.969 bits per heavy atom. The van der Waals surface area contributed by atoms with Gasteiger partial charge < -0.3 is 29.3 Å². The Morgan fingerprint density at radius 2 is 1.75 bits per heavy atom. The summed E-state index contributed by atoms with van der Waals surface area (Å²) >= 11 is 0. The van der Waals surface area contributed by atoms with Crippen molar-refractivity contribution in [2.45, 2.75) is 19.8 Å². The van der Waals surface area contributed by atoms with Gasteiger partial charge in [-0.3, -0.25) is 14.4 Å². The van der Waals surface area contributed by atoms with Gasteiger partial charge in [-0.1, -0.05) is 12.1 Å². The smallest absolute Gasteiger partial charge is 0.306 e. The monoisotopic (exact) mass is 440 g/mol. The molecule has 0 bridgehead atoms. The predicted octanol–water partition coefficient (Wildman–Crippen LogP) is 3.98. The fourth-order valence-electron chi connectivity index (χ4n) is 3.07. The lowest BCUT2D eigenvalue weighted by molar-refractivity contribution is -0.144. The van der Waals surface area contributed by atoms with Crippen molar-refractivity contribution in [3.63, 3.8) is 0 Å². The molecule has 0 aliphatic carbocycles. The topological polar surface area (TPSA) is 116 Å². The molecule has 1 aromatic heterocycles. The van der Waals surface area contributed by atoms with Gasteiger partial charge in [0.15, 0.2) is 0 Å². The van der Waals surface area contributed by atoms with Crippen molar-refractivity contribution >= 4 is 40.1 Å². The molecule has 1 heterocycles. The minimum Gasteiger partial charge on any atom is -0.497 e. The van der Waals surface area contributed by atoms with E-state index in [-0.39, 0.29) is 30.9 Å². The van der Waals surface area contributed by atoms with E-state index < -0.39 is 17.8 Å². The third-order valence-electron chi connectivity index (χ3n) is 4.58. The normalized spacial score (nSPS) is 10.5. The van der Waals surface area contributed by atoms with E-state index in [0.717, 1.165) is 0 Å². The van der Waals surface area contributed by atoms with Gasteiger partial charge in [-0.15, -0.1) is 0 Å². The summed E-state index contributed by atoms with van der Waals surface area (Å²) in [4.78, 5) is 37.1. The number of fused-ring (bicyclic) bond motifs is 1. The van der Waals surface area contributed by atoms with Crippen molar-refractivity contribution in [3.8, 4) is 11.5 Å². The third kappa shape index (κ3) is 5.18. The number of nitrogens with one attached hydrogen (secondary N) is 2. The summed E-state index contributed by atoms with van der Waals surface area (Å²) in [6, 6.07) is 11.9. The molecule has 0 radical (unpaired) electrons. The van der Waals surface area contributed by atoms with E-state index in [0.29, 0.717) is 28.2 Å². The maximum absolute atomic E-state index is 13.1. The largest absolute Gasteiger partial charge is 0.497 e. The number of esters is 1. The summed E-state index contributed by atoms with van der Waals surface area (Å²) in [5, 5.41) is 5.98. The van der Waals surface area contributed by atoms with Gasteiger partial charge in [-0.2, -0.15) is 0 Å². The Morgan fingerprint density at radius 3 is 2.47 bits per heavy atom. The number of hydrogen-bond donors (Lipinski definition) is 2. The molecule has 9 nitrogen and oxygen atoms in total. The van der Waals surface area contributed by atoms with E-state index in [9.17, 15) is 14.4 Å². The minimum absolute atomic E-state index is 0.0714. The molecule has 3 rings (SSSR count). The first-order valence-electron chi connectivity index (χ1n) is 9.97. The van der Waals surface area contributed by atoms with Crippen molar-refractivity contribution in [2.24, 2.45) is 0 Å². The summed E-state index contributed by atoms with van der Waals surface area (Å²) < 4.78 is 21.1. The van der Waals surface area contributed by atoms with Gasteiger partial charge in [-0.25, -0.2) is 0 Å². The maximum Gasteiger partial charge on any atom is 0.306 e. The van der Waals surface area contributed by atoms with E-state index in [1.54, 1.807) is 49.4 Å². The van der Waals surface area contributed by atoms with Crippen LogP contribution >= 0.6 is 0 Å². The second kappa shape index (κ2) is 10.3. The van der Waals surface area contributed by atoms with Crippen LogP contribution < -0.4 is 20.1 Å². The van der Waals surface area contributed by atoms with Crippen LogP contribution in [0.25, 0.3) is 11.0 Å². The number of rotatable bonds is 9. The Hall–Kier alpha value is -4.01. The van der Waals surface area contributed by atoms with Crippen molar-refractivity contribution in [3.05, 3.63) is 48.2 Å². The lowest BCUT2D eigenvalue weighted by Crippen LogP contribution is -2.18. The van der Waals surface area contributed by atoms with E-state index in [2.05, 4.69) is 10.6 Å². The van der Waals surface area contributed by atoms with Gasteiger partial charge in [0.2, 0.25) is 11.7 Å². The van der Waals surface area contributed by atoms with Crippen molar-refractivity contribution in [2.75, 3.05) is 31.5 Å². The Balaban J connectivity index is 1.87. The fraction of sp³-hybridized carbons (Fsp3) is 0.261. The van der Waals surface area contributed by atoms with Crippen LogP contribution in [0.5, 0.6) is 11.5 Å². The lowest BCUT2D eigenvalue weighted by Gasteiger charge is -2.12. The number of amides is 2. The number of methoxy groups -OCH3 is 2. The van der Waals surface area contributed by atoms with Crippen molar-refractivity contribution in [1.29, 1.82) is 0 Å². The molecule has 0 atom stereocenters. The zero-order valence-electron chi connectivity index (χ0n) is 18.0. The predicted molar refractivity (Wildman–Crippen MR) is 118 cm³/mol. The second-order valence-corrected chi connectivity index (χ2v) is 6.68. The number of furan rings is 1. The molecule has 0 saturated carbocycles. The van der Waals surface area contributed by atoms with Crippen LogP contribution in [-0.2, 0) is 14.3 Å². The Bertz CT molecular complexity index is 1140. The van der Waals surface area contributed by atoms with Gasteiger partial charge in [0.05, 0.1) is 32.9 Å². The van der Waals surface area contributed by atoms with E-state index in [1.807, 2.05) is 0 Å². The molecule has 3 aromatic rings. The first-order chi connectivity index (χ1) is 15.5. The molecular formula is C23H24N2O7. The zero-order chi connectivity index (χ0) is 23.1. The number of ether oxygens (including phenoxy) is 3. The van der Waals surface area contributed by atoms with Crippen LogP contribution in [0.4, 0.5) is 11.4 Å². The van der Waals surface area contributed by atoms with Gasteiger partial charge in [0, 0.05) is 17.9 Å². The number of benzene rings is 2. The molecule has 0 aliphatic rings. The SMILES string of the molecule is CCOC(=O)CCC(=O)Nc1c(C(=O)Nc2cc(OC)ccc2OC)oc2ccccc12. The molecule has 0 fully saturated rings. The fourth-order valence-corrected chi connectivity index (χ4v) is 3.07. The summed E-state index contributed by atoms with van der Waals surface area (Å²) in [5.74, 6) is -0.636. The average Bonchev–Trinajstić information content (AvgIpc) is 3.16. The van der Waals surface area contributed by atoms with Crippen LogP contribution in [0.3, 0.4) is 0 Å². The van der Waals surface area contributed by atoms with Gasteiger partial charge in [-0.05, 0) is 31.2 Å². The van der Waals surface area contributed by atoms with Gasteiger partial charge >= 0.3 is 5.97 Å². The second-order valence-electron chi connectivity index (χ2n) is 6.68. The van der Waals surface area contributed by atoms with Crippen molar-refractivity contribution in [1.82, 2.24) is 0 Å². The molecule has 0 saturated heterocycles. The van der Waals surface area contributed by atoms with Crippen LogP contribution in [0.15, 0.2) is 46.9 Å². The maximum atomic E-state index is 13.1. The molecule has 0 aliphatic heterocycles. The summed E-state index contributed by atoms with van der Waals surface area (Å²) in [5.41, 5.74) is 1.02. The first kappa shape index (κ1) is 22.7. The van der Waals surface area contributed by atoms with E-state index in [1.165, 1.54) is 14.2 Å². The highest BCUT2D eigenvalue weighted by molar-refractivity contribution is 6.15. The number of para-hydroxylation sites is 1. The minimum atomic E-state index is -0.589. The van der Waals surface area contributed by atoms with Gasteiger partial charge in [0.25, 0.3) is 5.91 Å². The summed E-state index contributed by atoms with van der Waals surface area (Å²) in [7, 11) is 2.99. The molecule has 32 heavy (non-hydrogen) atoms. The van der Waals surface area contributed by atoms with Crippen LogP contribution in [0.1, 0.15) is 30.3 Å². The number of hydrogen-bond acceptors (Lipinski definition) is 7. The number of anilines is 2. The Labute approximate surface area is 184 Å². The molecule has 0 spiro atoms. The number of carbonyl (C=O) groups is 3. The lowest BCUT2D eigenvalue weighted by atomic mass is 10.2. The Kier molecular flexibility index (Phi) is 7.33. The van der Waals surface area contributed by atoms with Crippen LogP contribution in [0, 0.1) is 0 Å². The summed E-state index contributed by atoms with van der Waals surface area (Å²) in [6.07, 6.45) is -0.166. The standard InChI is InChI=1S/C23H24N2O7/c1-4-31-20(27)12-11-19(26)25-21-15-7-5-6-8-17(15)32-22(21)23(28)24-16-13-14(29-2)9-10-18(16)30-3/h5-10,13H,4,11-12H2,1-3H3,(H,24,28)(H,25,26). The molecule has 168 valence electrons. The molecule has 2 N–H and O–H groups in total. The van der Waals surface area contributed by atoms with E-state index >= 15 is 0 Å². The average molecular weight is 440 g/mol. The molecule has 9 heteroatoms. The highest BCUT2D eigenvalue weighted by Crippen LogP contribution is 2.34. The van der Waals surface area contributed by atoms with Crippen molar-refractivity contribution < 1.29 is 33.0 Å². The zero-order valence-corrected chi connectivity index (χ0v) is 18.0. The number of carbonyl (C=O) groups excluding carboxylic acids is 3. The highest BCUT2D eigenvalue weighted by Gasteiger charge is 2.23. The molecule has 2 amide bonds. The molecule has 0 unspecified atom stereocenters. The van der Waals surface area contributed by atoms with Gasteiger partial charge in [0.1, 0.15) is 22.8 Å². The van der Waals surface area contributed by atoms with Crippen LogP contribution in [-0.4, -0.2) is 38.6 Å². The van der Waals surface area contributed by atoms with E-state index in [4.69, 9.17) is 18.6 Å². The quantitative estimate of drug-likeness (QED) is 0.483. The molecule has 2 aromatic carbocycles. The molecular weight excluding hydrogens is 416 g/mol. The first-order valence-corrected chi connectivity index (χ1v) is 9.97. The summed E-state index contributed by atoms with van der Waals surface area (Å²) in [6.45, 7) is 1.93.